The Kier molecular flexibility index (Phi) is 1.42. The Morgan fingerprint density at radius 3 is 2.20 bits per heavy atom. The van der Waals surface area contributed by atoms with Crippen molar-refractivity contribution in [1.29, 1.82) is 0 Å². The van der Waals surface area contributed by atoms with Crippen LogP contribution in [0.4, 0.5) is 0 Å². The van der Waals surface area contributed by atoms with E-state index >= 15 is 0 Å². The maximum atomic E-state index is 4.99. The molecule has 0 aromatic heterocycles. The maximum Gasteiger partial charge on any atom is 0.0883 e. The fourth-order valence-corrected chi connectivity index (χ4v) is 0. The number of rotatable bonds is 1. The lowest BCUT2D eigenvalue weighted by Gasteiger charge is -1.88. The van der Waals surface area contributed by atoms with Gasteiger partial charge in [0, 0.05) is 7.05 Å². The van der Waals surface area contributed by atoms with E-state index in [2.05, 4.69) is 11.9 Å². The lowest BCUT2D eigenvalue weighted by Crippen LogP contribution is -2.11. The number of nitrogens with two attached hydrogens (primary N) is 1. The van der Waals surface area contributed by atoms with Crippen molar-refractivity contribution in [3.8, 4) is 0 Å². The topological polar surface area (TPSA) is 38.0 Å². The van der Waals surface area contributed by atoms with Crippen molar-refractivity contribution >= 4 is 0 Å². The predicted molar refractivity (Wildman–Crippen MR) is 22.4 cm³/mol. The molecule has 0 radical (unpaired) electrons. The van der Waals surface area contributed by atoms with Gasteiger partial charge in [-0.05, 0) is 0 Å². The Morgan fingerprint density at radius 2 is 2.20 bits per heavy atom. The van der Waals surface area contributed by atoms with Crippen LogP contribution in [0.2, 0.25) is 0 Å². The van der Waals surface area contributed by atoms with Crippen molar-refractivity contribution in [1.82, 2.24) is 5.32 Å². The van der Waals surface area contributed by atoms with Gasteiger partial charge in [-0.15, -0.1) is 0 Å². The van der Waals surface area contributed by atoms with E-state index in [9.17, 15) is 0 Å². The molecule has 2 nitrogen and oxygen atoms in total. The van der Waals surface area contributed by atoms with Gasteiger partial charge >= 0.3 is 0 Å². The highest BCUT2D eigenvalue weighted by molar-refractivity contribution is 4.78. The Balaban J connectivity index is 2.85. The van der Waals surface area contributed by atoms with Gasteiger partial charge in [0.25, 0.3) is 0 Å². The molecular weight excluding hydrogens is 64.0 g/mol. The predicted octanol–water partition coefficient (Wildman–Crippen LogP) is -0.364. The number of hydrogen-bond donors (Lipinski definition) is 2. The summed E-state index contributed by atoms with van der Waals surface area (Å²) in [6.07, 6.45) is 0. The third-order valence-electron chi connectivity index (χ3n) is 0.321. The first-order chi connectivity index (χ1) is 2.27. The van der Waals surface area contributed by atoms with Gasteiger partial charge in [-0.25, -0.2) is 0 Å². The second-order valence-corrected chi connectivity index (χ2v) is 0.775. The first-order valence-corrected chi connectivity index (χ1v) is 1.39. The summed E-state index contributed by atoms with van der Waals surface area (Å²) in [7, 11) is 1.72. The second kappa shape index (κ2) is 1.64. The molecule has 0 aliphatic carbocycles. The zero-order valence-corrected chi connectivity index (χ0v) is 3.28. The van der Waals surface area contributed by atoms with Crippen LogP contribution in [-0.2, 0) is 0 Å². The van der Waals surface area contributed by atoms with Gasteiger partial charge in [-0.1, -0.05) is 6.58 Å². The number of hydrogen-bond acceptors (Lipinski definition) is 2. The van der Waals surface area contributed by atoms with Gasteiger partial charge in [0.1, 0.15) is 0 Å². The van der Waals surface area contributed by atoms with Crippen molar-refractivity contribution < 1.29 is 0 Å². The monoisotopic (exact) mass is 72.1 g/mol. The summed E-state index contributed by atoms with van der Waals surface area (Å²) in [5.41, 5.74) is 4.99. The summed E-state index contributed by atoms with van der Waals surface area (Å²) < 4.78 is 0. The first kappa shape index (κ1) is 4.34. The Bertz CT molecular complexity index is 40.2. The lowest BCUT2D eigenvalue weighted by atomic mass is 10.8. The summed E-state index contributed by atoms with van der Waals surface area (Å²) in [4.78, 5) is 0. The minimum Gasteiger partial charge on any atom is -0.386 e. The van der Waals surface area contributed by atoms with Crippen molar-refractivity contribution in [2.45, 2.75) is 0 Å². The summed E-state index contributed by atoms with van der Waals surface area (Å²) >= 11 is 0. The molecule has 0 fully saturated rings. The zero-order chi connectivity index (χ0) is 4.28. The molecule has 0 spiro atoms. The highest BCUT2D eigenvalue weighted by Gasteiger charge is 1.62. The van der Waals surface area contributed by atoms with E-state index in [0.29, 0.717) is 5.82 Å². The average molecular weight is 72.1 g/mol. The molecule has 0 aromatic carbocycles. The van der Waals surface area contributed by atoms with Gasteiger partial charge in [-0.2, -0.15) is 0 Å². The van der Waals surface area contributed by atoms with E-state index < -0.39 is 0 Å². The van der Waals surface area contributed by atoms with Gasteiger partial charge in [0.2, 0.25) is 0 Å². The SMILES string of the molecule is C=C(N)NC. The van der Waals surface area contributed by atoms with Gasteiger partial charge < -0.3 is 11.1 Å². The lowest BCUT2D eigenvalue weighted by molar-refractivity contribution is 0.974. The van der Waals surface area contributed by atoms with E-state index in [1.165, 1.54) is 0 Å². The van der Waals surface area contributed by atoms with Gasteiger partial charge in [0.15, 0.2) is 0 Å². The summed E-state index contributed by atoms with van der Waals surface area (Å²) in [6, 6.07) is 0. The molecule has 0 aromatic rings. The van der Waals surface area contributed by atoms with Crippen molar-refractivity contribution in [3.05, 3.63) is 12.4 Å². The quantitative estimate of drug-likeness (QED) is 0.443. The molecule has 0 heterocycles. The molecule has 0 saturated heterocycles. The molecule has 0 aliphatic rings. The molecule has 2 heteroatoms. The van der Waals surface area contributed by atoms with Crippen LogP contribution in [-0.4, -0.2) is 7.05 Å². The fraction of sp³-hybridized carbons (Fsp3) is 0.333. The van der Waals surface area contributed by atoms with Crippen LogP contribution in [0.15, 0.2) is 12.4 Å². The van der Waals surface area contributed by atoms with Crippen LogP contribution >= 0.6 is 0 Å². The van der Waals surface area contributed by atoms with E-state index in [1.807, 2.05) is 0 Å². The molecule has 30 valence electrons. The molecular formula is C3H8N2. The van der Waals surface area contributed by atoms with Crippen LogP contribution in [0.5, 0.6) is 0 Å². The molecule has 0 amide bonds. The van der Waals surface area contributed by atoms with Crippen molar-refractivity contribution in [3.63, 3.8) is 0 Å². The molecule has 0 saturated carbocycles. The molecule has 5 heavy (non-hydrogen) atoms. The normalized spacial score (nSPS) is 6.60. The fourth-order valence-electron chi connectivity index (χ4n) is 0. The minimum atomic E-state index is 0.505. The third kappa shape index (κ3) is 3.34. The third-order valence-corrected chi connectivity index (χ3v) is 0.321. The smallest absolute Gasteiger partial charge is 0.0883 e. The Morgan fingerprint density at radius 1 is 2.00 bits per heavy atom. The summed E-state index contributed by atoms with van der Waals surface area (Å²) in [5.74, 6) is 0.505. The average Bonchev–Trinajstić information content (AvgIpc) is 1.38. The van der Waals surface area contributed by atoms with Crippen molar-refractivity contribution in [2.24, 2.45) is 5.73 Å². The van der Waals surface area contributed by atoms with Gasteiger partial charge in [-0.3, -0.25) is 0 Å². The van der Waals surface area contributed by atoms with E-state index in [-0.39, 0.29) is 0 Å². The van der Waals surface area contributed by atoms with E-state index in [1.54, 1.807) is 7.05 Å². The Hall–Kier alpha value is -0.660. The van der Waals surface area contributed by atoms with Crippen LogP contribution in [0.1, 0.15) is 0 Å². The molecule has 0 bridgehead atoms. The van der Waals surface area contributed by atoms with Gasteiger partial charge in [0.05, 0.1) is 5.82 Å². The van der Waals surface area contributed by atoms with Crippen LogP contribution in [0.3, 0.4) is 0 Å². The molecule has 0 atom stereocenters. The van der Waals surface area contributed by atoms with Crippen molar-refractivity contribution in [2.75, 3.05) is 7.05 Å². The van der Waals surface area contributed by atoms with Crippen LogP contribution < -0.4 is 11.1 Å². The standard InChI is InChI=1S/C3H8N2/c1-3(4)5-2/h5H,1,4H2,2H3. The highest BCUT2D eigenvalue weighted by atomic mass is 14.9. The second-order valence-electron chi connectivity index (χ2n) is 0.775. The van der Waals surface area contributed by atoms with Crippen LogP contribution in [0, 0.1) is 0 Å². The summed E-state index contributed by atoms with van der Waals surface area (Å²) in [6.45, 7) is 3.34. The minimum absolute atomic E-state index is 0.505. The first-order valence-electron chi connectivity index (χ1n) is 1.39. The molecule has 0 aliphatic heterocycles. The Labute approximate surface area is 31.7 Å². The number of nitrogens with one attached hydrogen (secondary N) is 1. The highest BCUT2D eigenvalue weighted by Crippen LogP contribution is 1.52. The largest absolute Gasteiger partial charge is 0.386 e. The molecule has 0 rings (SSSR count). The molecule has 0 unspecified atom stereocenters. The zero-order valence-electron chi connectivity index (χ0n) is 3.28. The molecule has 3 N–H and O–H groups in total. The maximum absolute atomic E-state index is 4.99. The van der Waals surface area contributed by atoms with E-state index in [0.717, 1.165) is 0 Å². The van der Waals surface area contributed by atoms with Crippen LogP contribution in [0.25, 0.3) is 0 Å². The summed E-state index contributed by atoms with van der Waals surface area (Å²) in [5, 5.41) is 2.61. The van der Waals surface area contributed by atoms with E-state index in [4.69, 9.17) is 5.73 Å².